The maximum absolute atomic E-state index is 13.8. The van der Waals surface area contributed by atoms with E-state index in [4.69, 9.17) is 4.74 Å². The summed E-state index contributed by atoms with van der Waals surface area (Å²) in [6.45, 7) is 1.92. The van der Waals surface area contributed by atoms with Crippen LogP contribution in [0, 0.1) is 12.7 Å². The van der Waals surface area contributed by atoms with E-state index in [0.717, 1.165) is 5.56 Å². The number of carbonyl (C=O) groups excluding carboxylic acids is 1. The highest BCUT2D eigenvalue weighted by atomic mass is 19.1. The summed E-state index contributed by atoms with van der Waals surface area (Å²) in [4.78, 5) is 16.6. The average Bonchev–Trinajstić information content (AvgIpc) is 2.64. The Kier molecular flexibility index (Phi) is 5.12. The van der Waals surface area contributed by atoms with Crippen LogP contribution < -0.4 is 15.4 Å². The number of rotatable bonds is 5. The Labute approximate surface area is 150 Å². The molecule has 1 heterocycles. The number of pyridine rings is 1. The van der Waals surface area contributed by atoms with Gasteiger partial charge in [0.15, 0.2) is 0 Å². The van der Waals surface area contributed by atoms with Gasteiger partial charge >= 0.3 is 0 Å². The number of aromatic nitrogens is 1. The van der Waals surface area contributed by atoms with Crippen molar-refractivity contribution < 1.29 is 13.9 Å². The minimum atomic E-state index is -0.383. The fourth-order valence-corrected chi connectivity index (χ4v) is 2.46. The first kappa shape index (κ1) is 17.4. The van der Waals surface area contributed by atoms with Gasteiger partial charge in [0.2, 0.25) is 0 Å². The molecule has 1 amide bonds. The number of benzene rings is 2. The fraction of sp³-hybridized carbons (Fsp3) is 0.100. The standard InChI is InChI=1S/C20H18FN3O2/c1-13-7-8-19(26-2)17(11-13)24-20(25)18-12-14(9-10-22-18)23-16-6-4-3-5-15(16)21/h3-12H,1-2H3,(H,22,23)(H,24,25). The zero-order valence-corrected chi connectivity index (χ0v) is 14.4. The van der Waals surface area contributed by atoms with Crippen molar-refractivity contribution in [1.82, 2.24) is 4.98 Å². The van der Waals surface area contributed by atoms with Crippen molar-refractivity contribution in [2.75, 3.05) is 17.7 Å². The number of para-hydroxylation sites is 1. The van der Waals surface area contributed by atoms with Gasteiger partial charge in [-0.1, -0.05) is 18.2 Å². The summed E-state index contributed by atoms with van der Waals surface area (Å²) < 4.78 is 19.0. The molecule has 26 heavy (non-hydrogen) atoms. The monoisotopic (exact) mass is 351 g/mol. The summed E-state index contributed by atoms with van der Waals surface area (Å²) in [7, 11) is 1.54. The van der Waals surface area contributed by atoms with Crippen molar-refractivity contribution in [3.63, 3.8) is 0 Å². The van der Waals surface area contributed by atoms with Crippen LogP contribution in [-0.4, -0.2) is 18.0 Å². The van der Waals surface area contributed by atoms with E-state index >= 15 is 0 Å². The fourth-order valence-electron chi connectivity index (χ4n) is 2.46. The lowest BCUT2D eigenvalue weighted by Crippen LogP contribution is -2.14. The van der Waals surface area contributed by atoms with E-state index in [1.807, 2.05) is 19.1 Å². The zero-order valence-electron chi connectivity index (χ0n) is 14.4. The number of carbonyl (C=O) groups is 1. The van der Waals surface area contributed by atoms with Gasteiger partial charge in [0.25, 0.3) is 5.91 Å². The minimum absolute atomic E-state index is 0.204. The third-order valence-corrected chi connectivity index (χ3v) is 3.75. The highest BCUT2D eigenvalue weighted by Crippen LogP contribution is 2.26. The third kappa shape index (κ3) is 3.97. The number of nitrogens with one attached hydrogen (secondary N) is 2. The normalized spacial score (nSPS) is 10.3. The Morgan fingerprint density at radius 1 is 1.08 bits per heavy atom. The molecule has 132 valence electrons. The van der Waals surface area contributed by atoms with Crippen LogP contribution in [0.3, 0.4) is 0 Å². The smallest absolute Gasteiger partial charge is 0.274 e. The highest BCUT2D eigenvalue weighted by molar-refractivity contribution is 6.04. The molecule has 2 aromatic carbocycles. The Hall–Kier alpha value is -3.41. The number of aryl methyl sites for hydroxylation is 1. The first-order valence-corrected chi connectivity index (χ1v) is 8.00. The third-order valence-electron chi connectivity index (χ3n) is 3.75. The van der Waals surface area contributed by atoms with Crippen LogP contribution in [-0.2, 0) is 0 Å². The van der Waals surface area contributed by atoms with Gasteiger partial charge in [-0.05, 0) is 48.9 Å². The molecule has 0 unspecified atom stereocenters. The molecule has 6 heteroatoms. The van der Waals surface area contributed by atoms with Crippen molar-refractivity contribution in [2.24, 2.45) is 0 Å². The van der Waals surface area contributed by atoms with Crippen LogP contribution >= 0.6 is 0 Å². The number of amides is 1. The summed E-state index contributed by atoms with van der Waals surface area (Å²) >= 11 is 0. The molecule has 0 aliphatic heterocycles. The van der Waals surface area contributed by atoms with E-state index < -0.39 is 0 Å². The minimum Gasteiger partial charge on any atom is -0.495 e. The van der Waals surface area contributed by atoms with Crippen LogP contribution in [0.2, 0.25) is 0 Å². The van der Waals surface area contributed by atoms with Crippen LogP contribution in [0.25, 0.3) is 0 Å². The first-order chi connectivity index (χ1) is 12.6. The predicted molar refractivity (Wildman–Crippen MR) is 99.6 cm³/mol. The Morgan fingerprint density at radius 3 is 2.65 bits per heavy atom. The first-order valence-electron chi connectivity index (χ1n) is 8.00. The molecule has 0 atom stereocenters. The number of ether oxygens (including phenoxy) is 1. The van der Waals surface area contributed by atoms with Crippen LogP contribution in [0.5, 0.6) is 5.75 Å². The Bertz CT molecular complexity index is 944. The van der Waals surface area contributed by atoms with Crippen molar-refractivity contribution in [2.45, 2.75) is 6.92 Å². The lowest BCUT2D eigenvalue weighted by molar-refractivity contribution is 0.102. The second-order valence-electron chi connectivity index (χ2n) is 5.69. The van der Waals surface area contributed by atoms with Crippen molar-refractivity contribution in [3.05, 3.63) is 77.9 Å². The SMILES string of the molecule is COc1ccc(C)cc1NC(=O)c1cc(Nc2ccccc2F)ccn1. The second kappa shape index (κ2) is 7.65. The molecule has 0 aliphatic rings. The summed E-state index contributed by atoms with van der Waals surface area (Å²) in [5.74, 6) is -0.199. The number of nitrogens with zero attached hydrogens (tertiary/aromatic N) is 1. The van der Waals surface area contributed by atoms with E-state index in [-0.39, 0.29) is 17.4 Å². The van der Waals surface area contributed by atoms with Gasteiger partial charge in [0.1, 0.15) is 17.3 Å². The topological polar surface area (TPSA) is 63.2 Å². The van der Waals surface area contributed by atoms with Gasteiger partial charge < -0.3 is 15.4 Å². The maximum atomic E-state index is 13.8. The molecule has 3 rings (SSSR count). The zero-order chi connectivity index (χ0) is 18.5. The lowest BCUT2D eigenvalue weighted by atomic mass is 10.2. The Morgan fingerprint density at radius 2 is 1.88 bits per heavy atom. The number of methoxy groups -OCH3 is 1. The van der Waals surface area contributed by atoms with Crippen molar-refractivity contribution >= 4 is 23.0 Å². The molecule has 2 N–H and O–H groups in total. The van der Waals surface area contributed by atoms with Gasteiger partial charge in [0, 0.05) is 11.9 Å². The van der Waals surface area contributed by atoms with Gasteiger partial charge in [-0.25, -0.2) is 4.39 Å². The average molecular weight is 351 g/mol. The number of hydrogen-bond donors (Lipinski definition) is 2. The number of halogens is 1. The molecule has 0 saturated carbocycles. The molecule has 0 bridgehead atoms. The van der Waals surface area contributed by atoms with Crippen molar-refractivity contribution in [3.8, 4) is 5.75 Å². The largest absolute Gasteiger partial charge is 0.495 e. The van der Waals surface area contributed by atoms with Crippen LogP contribution in [0.15, 0.2) is 60.8 Å². The molecule has 5 nitrogen and oxygen atoms in total. The predicted octanol–water partition coefficient (Wildman–Crippen LogP) is 4.53. The van der Waals surface area contributed by atoms with Crippen LogP contribution in [0.4, 0.5) is 21.5 Å². The van der Waals surface area contributed by atoms with E-state index in [1.165, 1.54) is 19.4 Å². The highest BCUT2D eigenvalue weighted by Gasteiger charge is 2.12. The summed E-state index contributed by atoms with van der Waals surface area (Å²) in [6, 6.07) is 15.0. The lowest BCUT2D eigenvalue weighted by Gasteiger charge is -2.12. The molecule has 3 aromatic rings. The second-order valence-corrected chi connectivity index (χ2v) is 5.69. The quantitative estimate of drug-likeness (QED) is 0.709. The number of anilines is 3. The summed E-state index contributed by atoms with van der Waals surface area (Å²) in [6.07, 6.45) is 1.49. The molecule has 0 radical (unpaired) electrons. The molecule has 0 aliphatic carbocycles. The number of hydrogen-bond acceptors (Lipinski definition) is 4. The summed E-state index contributed by atoms with van der Waals surface area (Å²) in [5.41, 5.74) is 2.64. The molecular weight excluding hydrogens is 333 g/mol. The molecule has 0 spiro atoms. The van der Waals surface area contributed by atoms with Gasteiger partial charge in [-0.15, -0.1) is 0 Å². The molecular formula is C20H18FN3O2. The summed E-state index contributed by atoms with van der Waals surface area (Å²) in [5, 5.41) is 5.74. The Balaban J connectivity index is 1.81. The van der Waals surface area contributed by atoms with Gasteiger partial charge in [0.05, 0.1) is 18.5 Å². The maximum Gasteiger partial charge on any atom is 0.274 e. The van der Waals surface area contributed by atoms with Crippen molar-refractivity contribution in [1.29, 1.82) is 0 Å². The van der Waals surface area contributed by atoms with Gasteiger partial charge in [-0.2, -0.15) is 0 Å². The van der Waals surface area contributed by atoms with Gasteiger partial charge in [-0.3, -0.25) is 9.78 Å². The van der Waals surface area contributed by atoms with E-state index in [2.05, 4.69) is 15.6 Å². The van der Waals surface area contributed by atoms with E-state index in [9.17, 15) is 9.18 Å². The molecule has 0 saturated heterocycles. The van der Waals surface area contributed by atoms with Crippen LogP contribution in [0.1, 0.15) is 16.1 Å². The van der Waals surface area contributed by atoms with E-state index in [0.29, 0.717) is 22.8 Å². The van der Waals surface area contributed by atoms with E-state index in [1.54, 1.807) is 36.4 Å². The molecule has 1 aromatic heterocycles. The molecule has 0 fully saturated rings.